The van der Waals surface area contributed by atoms with Crippen LogP contribution in [0.15, 0.2) is 57.7 Å². The second-order valence-corrected chi connectivity index (χ2v) is 9.75. The highest BCUT2D eigenvalue weighted by Gasteiger charge is 2.42. The lowest BCUT2D eigenvalue weighted by molar-refractivity contribution is -0.858. The minimum atomic E-state index is -0.422. The molecule has 5 nitrogen and oxygen atoms in total. The van der Waals surface area contributed by atoms with Gasteiger partial charge in [-0.05, 0) is 28.7 Å². The van der Waals surface area contributed by atoms with E-state index in [1.807, 2.05) is 29.2 Å². The zero-order chi connectivity index (χ0) is 22.3. The third kappa shape index (κ3) is 3.90. The van der Waals surface area contributed by atoms with Crippen LogP contribution in [0.5, 0.6) is 0 Å². The highest BCUT2D eigenvalue weighted by atomic mass is 16.3. The van der Waals surface area contributed by atoms with E-state index >= 15 is 0 Å². The summed E-state index contributed by atoms with van der Waals surface area (Å²) in [6.07, 6.45) is 0.854. The number of rotatable bonds is 5. The van der Waals surface area contributed by atoms with E-state index in [9.17, 15) is 9.59 Å². The maximum absolute atomic E-state index is 13.5. The van der Waals surface area contributed by atoms with Crippen molar-refractivity contribution in [2.24, 2.45) is 0 Å². The highest BCUT2D eigenvalue weighted by molar-refractivity contribution is 5.99. The molecule has 1 aliphatic rings. The van der Waals surface area contributed by atoms with E-state index in [0.717, 1.165) is 18.5 Å². The molecule has 4 rings (SSSR count). The molecular weight excluding hydrogens is 388 g/mol. The topological polar surface area (TPSA) is 55.0 Å². The van der Waals surface area contributed by atoms with Gasteiger partial charge < -0.3 is 14.2 Å². The van der Waals surface area contributed by atoms with E-state index in [4.69, 9.17) is 4.42 Å². The number of benzene rings is 2. The molecule has 3 aromatic rings. The van der Waals surface area contributed by atoms with Crippen LogP contribution in [0.25, 0.3) is 11.0 Å². The monoisotopic (exact) mass is 419 g/mol. The summed E-state index contributed by atoms with van der Waals surface area (Å²) < 4.78 is 5.99. The van der Waals surface area contributed by atoms with Crippen LogP contribution in [0.1, 0.15) is 60.5 Å². The number of nitrogens with one attached hydrogen (secondary N) is 1. The Kier molecular flexibility index (Phi) is 5.48. The number of hydrogen-bond acceptors (Lipinski definition) is 3. The van der Waals surface area contributed by atoms with Crippen molar-refractivity contribution in [1.29, 1.82) is 0 Å². The first-order chi connectivity index (χ1) is 14.7. The van der Waals surface area contributed by atoms with Gasteiger partial charge in [0.1, 0.15) is 5.58 Å². The Morgan fingerprint density at radius 3 is 2.32 bits per heavy atom. The average Bonchev–Trinajstić information content (AvgIpc) is 3.00. The maximum Gasteiger partial charge on any atom is 0.290 e. The van der Waals surface area contributed by atoms with Crippen LogP contribution in [0.3, 0.4) is 0 Å². The van der Waals surface area contributed by atoms with Crippen molar-refractivity contribution in [2.45, 2.75) is 38.6 Å². The number of nitrogens with zero attached hydrogens (tertiary/aromatic N) is 1. The normalized spacial score (nSPS) is 16.4. The second-order valence-electron chi connectivity index (χ2n) is 9.75. The summed E-state index contributed by atoms with van der Waals surface area (Å²) in [5.41, 5.74) is 3.00. The smallest absolute Gasteiger partial charge is 0.290 e. The first-order valence-electron chi connectivity index (χ1n) is 10.9. The molecule has 162 valence electrons. The fourth-order valence-electron chi connectivity index (χ4n) is 4.31. The van der Waals surface area contributed by atoms with Crippen molar-refractivity contribution >= 4 is 16.9 Å². The number of carbonyl (C=O) groups excluding carboxylic acids is 1. The van der Waals surface area contributed by atoms with E-state index < -0.39 is 6.04 Å². The van der Waals surface area contributed by atoms with Gasteiger partial charge in [-0.15, -0.1) is 0 Å². The van der Waals surface area contributed by atoms with Crippen LogP contribution in [0.2, 0.25) is 0 Å². The molecule has 0 bridgehead atoms. The average molecular weight is 420 g/mol. The molecule has 0 fully saturated rings. The summed E-state index contributed by atoms with van der Waals surface area (Å²) >= 11 is 0. The Labute approximate surface area is 183 Å². The number of para-hydroxylation sites is 1. The highest BCUT2D eigenvalue weighted by Crippen LogP contribution is 2.38. The summed E-state index contributed by atoms with van der Waals surface area (Å²) in [5, 5.41) is 0.518. The number of fused-ring (bicyclic) bond motifs is 2. The van der Waals surface area contributed by atoms with Gasteiger partial charge in [-0.2, -0.15) is 0 Å². The lowest BCUT2D eigenvalue weighted by Gasteiger charge is -2.26. The van der Waals surface area contributed by atoms with Crippen molar-refractivity contribution in [2.75, 3.05) is 27.2 Å². The van der Waals surface area contributed by atoms with E-state index in [1.54, 1.807) is 12.1 Å². The Hall–Kier alpha value is -2.92. The molecular formula is C26H31N2O3+. The fraction of sp³-hybridized carbons (Fsp3) is 0.385. The van der Waals surface area contributed by atoms with Crippen LogP contribution in [0.4, 0.5) is 0 Å². The molecule has 0 saturated carbocycles. The molecule has 2 heterocycles. The predicted octanol–water partition coefficient (Wildman–Crippen LogP) is 3.17. The van der Waals surface area contributed by atoms with Crippen LogP contribution < -0.4 is 10.3 Å². The Bertz CT molecular complexity index is 1170. The third-order valence-corrected chi connectivity index (χ3v) is 6.04. The van der Waals surface area contributed by atoms with Gasteiger partial charge in [-0.3, -0.25) is 9.59 Å². The Morgan fingerprint density at radius 1 is 1.00 bits per heavy atom. The first kappa shape index (κ1) is 21.3. The number of carbonyl (C=O) groups is 1. The lowest BCUT2D eigenvalue weighted by Crippen LogP contribution is -3.05. The summed E-state index contributed by atoms with van der Waals surface area (Å²) in [5.74, 6) is -0.0118. The largest absolute Gasteiger partial charge is 0.450 e. The fourth-order valence-corrected chi connectivity index (χ4v) is 4.31. The van der Waals surface area contributed by atoms with Crippen LogP contribution in [0, 0.1) is 0 Å². The molecule has 0 radical (unpaired) electrons. The van der Waals surface area contributed by atoms with Gasteiger partial charge in [-0.1, -0.05) is 57.2 Å². The van der Waals surface area contributed by atoms with Crippen molar-refractivity contribution < 1.29 is 14.1 Å². The SMILES string of the molecule is C[NH+](C)CCCN1C(=O)c2oc3ccccc3c(=O)c2[C@@H]1c1ccc(C(C)(C)C)cc1. The first-order valence-corrected chi connectivity index (χ1v) is 10.9. The second kappa shape index (κ2) is 7.97. The maximum atomic E-state index is 13.5. The molecule has 31 heavy (non-hydrogen) atoms. The molecule has 1 atom stereocenters. The minimum Gasteiger partial charge on any atom is -0.450 e. The minimum absolute atomic E-state index is 0.0331. The summed E-state index contributed by atoms with van der Waals surface area (Å²) in [6, 6.07) is 15.0. The van der Waals surface area contributed by atoms with Gasteiger partial charge in [0.2, 0.25) is 5.76 Å². The molecule has 5 heteroatoms. The molecule has 1 amide bonds. The third-order valence-electron chi connectivity index (χ3n) is 6.04. The lowest BCUT2D eigenvalue weighted by atomic mass is 9.86. The number of amides is 1. The van der Waals surface area contributed by atoms with Gasteiger partial charge >= 0.3 is 0 Å². The zero-order valence-corrected chi connectivity index (χ0v) is 19.0. The van der Waals surface area contributed by atoms with E-state index in [1.165, 1.54) is 10.5 Å². The zero-order valence-electron chi connectivity index (χ0n) is 19.0. The van der Waals surface area contributed by atoms with Gasteiger partial charge in [0, 0.05) is 13.0 Å². The quantitative estimate of drug-likeness (QED) is 0.691. The van der Waals surface area contributed by atoms with Crippen LogP contribution in [-0.2, 0) is 5.41 Å². The van der Waals surface area contributed by atoms with E-state index in [0.29, 0.717) is 23.1 Å². The van der Waals surface area contributed by atoms with Crippen LogP contribution >= 0.6 is 0 Å². The molecule has 1 aliphatic heterocycles. The molecule has 0 unspecified atom stereocenters. The van der Waals surface area contributed by atoms with Gasteiger partial charge in [0.15, 0.2) is 5.43 Å². The van der Waals surface area contributed by atoms with Crippen molar-refractivity contribution in [1.82, 2.24) is 4.90 Å². The van der Waals surface area contributed by atoms with Crippen molar-refractivity contribution in [3.8, 4) is 0 Å². The van der Waals surface area contributed by atoms with Gasteiger partial charge in [-0.25, -0.2) is 0 Å². The Morgan fingerprint density at radius 2 is 1.68 bits per heavy atom. The van der Waals surface area contributed by atoms with Crippen LogP contribution in [-0.4, -0.2) is 38.0 Å². The van der Waals surface area contributed by atoms with Crippen molar-refractivity contribution in [3.63, 3.8) is 0 Å². The summed E-state index contributed by atoms with van der Waals surface area (Å²) in [4.78, 5) is 30.0. The molecule has 1 aromatic heterocycles. The summed E-state index contributed by atoms with van der Waals surface area (Å²) in [6.45, 7) is 8.04. The van der Waals surface area contributed by atoms with Crippen molar-refractivity contribution in [3.05, 3.63) is 81.2 Å². The molecule has 0 aliphatic carbocycles. The number of hydrogen-bond donors (Lipinski definition) is 1. The molecule has 1 N–H and O–H groups in total. The van der Waals surface area contributed by atoms with Gasteiger partial charge in [0.25, 0.3) is 5.91 Å². The number of quaternary nitrogens is 1. The Balaban J connectivity index is 1.84. The molecule has 0 spiro atoms. The van der Waals surface area contributed by atoms with E-state index in [-0.39, 0.29) is 22.5 Å². The standard InChI is InChI=1S/C26H30N2O3/c1-26(2,3)18-13-11-17(12-14-18)22-21-23(29)19-9-6-7-10-20(19)31-24(21)25(30)28(22)16-8-15-27(4)5/h6-7,9-14,22H,8,15-16H2,1-5H3/p+1/t22-/m0/s1. The predicted molar refractivity (Wildman–Crippen MR) is 123 cm³/mol. The molecule has 0 saturated heterocycles. The van der Waals surface area contributed by atoms with Gasteiger partial charge in [0.05, 0.1) is 37.6 Å². The van der Waals surface area contributed by atoms with E-state index in [2.05, 4.69) is 47.0 Å². The summed E-state index contributed by atoms with van der Waals surface area (Å²) in [7, 11) is 4.20. The molecule has 2 aromatic carbocycles.